The third kappa shape index (κ3) is 1.64. The summed E-state index contributed by atoms with van der Waals surface area (Å²) in [6, 6.07) is 0. The first-order valence-corrected chi connectivity index (χ1v) is 6.41. The van der Waals surface area contributed by atoms with Crippen LogP contribution in [0.4, 0.5) is 0 Å². The maximum absolute atomic E-state index is 12.4. The van der Waals surface area contributed by atoms with Gasteiger partial charge in [0.1, 0.15) is 5.57 Å². The predicted octanol–water partition coefficient (Wildman–Crippen LogP) is 2.67. The number of esters is 1. The number of allylic oxidation sites excluding steroid dienone is 2. The predicted molar refractivity (Wildman–Crippen MR) is 68.9 cm³/mol. The van der Waals surface area contributed by atoms with E-state index in [0.717, 1.165) is 24.8 Å². The molecule has 2 bridgehead atoms. The molecule has 18 heavy (non-hydrogen) atoms. The van der Waals surface area contributed by atoms with Crippen molar-refractivity contribution in [3.05, 3.63) is 23.8 Å². The Morgan fingerprint density at radius 2 is 2.17 bits per heavy atom. The highest BCUT2D eigenvalue weighted by Gasteiger charge is 2.58. The fourth-order valence-corrected chi connectivity index (χ4v) is 3.36. The first-order chi connectivity index (χ1) is 8.45. The quantitative estimate of drug-likeness (QED) is 0.436. The van der Waals surface area contributed by atoms with Crippen LogP contribution in [0.3, 0.4) is 0 Å². The summed E-state index contributed by atoms with van der Waals surface area (Å²) in [6.07, 6.45) is 4.24. The molecule has 0 aromatic rings. The van der Waals surface area contributed by atoms with E-state index >= 15 is 0 Å². The maximum Gasteiger partial charge on any atom is 0.341 e. The topological polar surface area (TPSA) is 43.4 Å². The fraction of sp³-hybridized carbons (Fsp3) is 0.600. The monoisotopic (exact) mass is 248 g/mol. The second kappa shape index (κ2) is 4.38. The summed E-state index contributed by atoms with van der Waals surface area (Å²) in [5, 5.41) is 0. The van der Waals surface area contributed by atoms with Gasteiger partial charge in [-0.25, -0.2) is 4.79 Å². The fourth-order valence-electron chi connectivity index (χ4n) is 3.36. The zero-order valence-electron chi connectivity index (χ0n) is 11.3. The Morgan fingerprint density at radius 1 is 1.50 bits per heavy atom. The normalized spacial score (nSPS) is 28.7. The van der Waals surface area contributed by atoms with Crippen molar-refractivity contribution in [2.45, 2.75) is 33.1 Å². The van der Waals surface area contributed by atoms with E-state index in [0.29, 0.717) is 11.5 Å². The number of rotatable bonds is 4. The lowest BCUT2D eigenvalue weighted by atomic mass is 9.46. The van der Waals surface area contributed by atoms with Gasteiger partial charge in [-0.1, -0.05) is 19.9 Å². The number of hydrogen-bond acceptors (Lipinski definition) is 3. The molecule has 98 valence electrons. The van der Waals surface area contributed by atoms with Crippen molar-refractivity contribution in [1.82, 2.24) is 0 Å². The molecular weight excluding hydrogens is 228 g/mol. The van der Waals surface area contributed by atoms with E-state index in [1.54, 1.807) is 0 Å². The van der Waals surface area contributed by atoms with Crippen molar-refractivity contribution >= 4 is 11.8 Å². The number of ether oxygens (including phenoxy) is 1. The average Bonchev–Trinajstić information content (AvgIpc) is 2.34. The molecule has 0 unspecified atom stereocenters. The number of methoxy groups -OCH3 is 1. The van der Waals surface area contributed by atoms with E-state index in [2.05, 4.69) is 20.4 Å². The minimum Gasteiger partial charge on any atom is -0.465 e. The van der Waals surface area contributed by atoms with Gasteiger partial charge in [-0.05, 0) is 36.2 Å². The van der Waals surface area contributed by atoms with Crippen LogP contribution in [0.25, 0.3) is 0 Å². The van der Waals surface area contributed by atoms with E-state index in [4.69, 9.17) is 4.74 Å². The van der Waals surface area contributed by atoms with Crippen LogP contribution in [0.1, 0.15) is 33.1 Å². The van der Waals surface area contributed by atoms with Crippen LogP contribution < -0.4 is 0 Å². The standard InChI is InChI=1S/C15H20O3/c1-5-6-7-9-10-8-11(15(10,2)3)13(16)12(9)14(17)18-4/h5,10-11H,1,6-8H2,2-4H3/t10-,11-/m1/s1. The summed E-state index contributed by atoms with van der Waals surface area (Å²) in [7, 11) is 1.33. The molecule has 3 rings (SSSR count). The molecule has 0 radical (unpaired) electrons. The molecule has 0 spiro atoms. The summed E-state index contributed by atoms with van der Waals surface area (Å²) in [4.78, 5) is 24.2. The van der Waals surface area contributed by atoms with Gasteiger partial charge >= 0.3 is 5.97 Å². The number of Topliss-reactive ketones (excluding diaryl/α,β-unsaturated/α-hetero) is 1. The molecule has 3 heteroatoms. The molecule has 0 aromatic carbocycles. The van der Waals surface area contributed by atoms with E-state index in [9.17, 15) is 9.59 Å². The van der Waals surface area contributed by atoms with E-state index in [1.807, 2.05) is 6.08 Å². The number of fused-ring (bicyclic) bond motifs is 1. The van der Waals surface area contributed by atoms with Crippen LogP contribution >= 0.6 is 0 Å². The largest absolute Gasteiger partial charge is 0.465 e. The molecular formula is C15H20O3. The van der Waals surface area contributed by atoms with Gasteiger partial charge in [0, 0.05) is 5.92 Å². The van der Waals surface area contributed by atoms with Gasteiger partial charge in [0.2, 0.25) is 0 Å². The number of hydrogen-bond donors (Lipinski definition) is 0. The number of ketones is 1. The van der Waals surface area contributed by atoms with Crippen LogP contribution in [0, 0.1) is 17.3 Å². The highest BCUT2D eigenvalue weighted by atomic mass is 16.5. The van der Waals surface area contributed by atoms with Crippen LogP contribution in [0.15, 0.2) is 23.8 Å². The number of carbonyl (C=O) groups is 2. The van der Waals surface area contributed by atoms with Crippen molar-refractivity contribution in [1.29, 1.82) is 0 Å². The Hall–Kier alpha value is -1.38. The van der Waals surface area contributed by atoms with Crippen molar-refractivity contribution in [2.75, 3.05) is 7.11 Å². The molecule has 2 atom stereocenters. The summed E-state index contributed by atoms with van der Waals surface area (Å²) >= 11 is 0. The van der Waals surface area contributed by atoms with E-state index in [-0.39, 0.29) is 17.1 Å². The van der Waals surface area contributed by atoms with Crippen molar-refractivity contribution in [3.8, 4) is 0 Å². The summed E-state index contributed by atoms with van der Waals surface area (Å²) in [5.74, 6) is -0.156. The van der Waals surface area contributed by atoms with Gasteiger partial charge in [-0.2, -0.15) is 0 Å². The van der Waals surface area contributed by atoms with Crippen LogP contribution in [0.2, 0.25) is 0 Å². The second-order valence-corrected chi connectivity index (χ2v) is 5.75. The zero-order chi connectivity index (χ0) is 13.5. The molecule has 1 fully saturated rings. The highest BCUT2D eigenvalue weighted by molar-refractivity contribution is 6.20. The molecule has 0 saturated heterocycles. The van der Waals surface area contributed by atoms with Crippen molar-refractivity contribution < 1.29 is 14.3 Å². The minimum atomic E-state index is -0.468. The molecule has 0 amide bonds. The zero-order valence-corrected chi connectivity index (χ0v) is 11.3. The lowest BCUT2D eigenvalue weighted by Crippen LogP contribution is -2.55. The van der Waals surface area contributed by atoms with Gasteiger partial charge in [0.25, 0.3) is 0 Å². The Kier molecular flexibility index (Phi) is 3.18. The molecule has 1 saturated carbocycles. The molecule has 0 heterocycles. The smallest absolute Gasteiger partial charge is 0.341 e. The first kappa shape index (κ1) is 13.1. The Labute approximate surface area is 108 Å². The number of carbonyl (C=O) groups excluding carboxylic acids is 2. The SMILES string of the molecule is C=CCCC1=C(C(=O)OC)C(=O)[C@H]2C[C@H]1C2(C)C. The van der Waals surface area contributed by atoms with E-state index < -0.39 is 5.97 Å². The van der Waals surface area contributed by atoms with Gasteiger partial charge in [0.15, 0.2) is 5.78 Å². The average molecular weight is 248 g/mol. The van der Waals surface area contributed by atoms with Crippen LogP contribution in [-0.2, 0) is 14.3 Å². The highest BCUT2D eigenvalue weighted by Crippen LogP contribution is 2.60. The lowest BCUT2D eigenvalue weighted by Gasteiger charge is -2.56. The molecule has 3 aliphatic carbocycles. The van der Waals surface area contributed by atoms with Crippen molar-refractivity contribution in [3.63, 3.8) is 0 Å². The summed E-state index contributed by atoms with van der Waals surface area (Å²) in [5.41, 5.74) is 1.30. The van der Waals surface area contributed by atoms with E-state index in [1.165, 1.54) is 7.11 Å². The Morgan fingerprint density at radius 3 is 2.67 bits per heavy atom. The van der Waals surface area contributed by atoms with Gasteiger partial charge < -0.3 is 4.74 Å². The molecule has 0 N–H and O–H groups in total. The molecule has 0 aliphatic heterocycles. The van der Waals surface area contributed by atoms with Crippen molar-refractivity contribution in [2.24, 2.45) is 17.3 Å². The molecule has 3 nitrogen and oxygen atoms in total. The van der Waals surface area contributed by atoms with Gasteiger partial charge in [0.05, 0.1) is 7.11 Å². The third-order valence-corrected chi connectivity index (χ3v) is 4.58. The first-order valence-electron chi connectivity index (χ1n) is 6.41. The van der Waals surface area contributed by atoms with Gasteiger partial charge in [-0.3, -0.25) is 4.79 Å². The molecule has 3 aliphatic rings. The van der Waals surface area contributed by atoms with Gasteiger partial charge in [-0.15, -0.1) is 6.58 Å². The summed E-state index contributed by atoms with van der Waals surface area (Å²) in [6.45, 7) is 7.94. The third-order valence-electron chi connectivity index (χ3n) is 4.58. The lowest BCUT2D eigenvalue weighted by molar-refractivity contribution is -0.145. The van der Waals surface area contributed by atoms with Crippen LogP contribution in [-0.4, -0.2) is 18.9 Å². The van der Waals surface area contributed by atoms with Crippen LogP contribution in [0.5, 0.6) is 0 Å². The Balaban J connectivity index is 2.43. The minimum absolute atomic E-state index is 0.00882. The Bertz CT molecular complexity index is 443. The summed E-state index contributed by atoms with van der Waals surface area (Å²) < 4.78 is 4.76. The maximum atomic E-state index is 12.4. The second-order valence-electron chi connectivity index (χ2n) is 5.75. The molecule has 0 aromatic heterocycles.